The maximum absolute atomic E-state index is 11.9. The van der Waals surface area contributed by atoms with E-state index in [1.807, 2.05) is 3.11 Å². The van der Waals surface area contributed by atoms with E-state index in [0.29, 0.717) is 0 Å². The molecule has 2 atom stereocenters. The fourth-order valence-corrected chi connectivity index (χ4v) is 3.89. The molecule has 0 saturated carbocycles. The lowest BCUT2D eigenvalue weighted by molar-refractivity contribution is 0.135. The van der Waals surface area contributed by atoms with E-state index in [4.69, 9.17) is 0 Å². The van der Waals surface area contributed by atoms with Crippen molar-refractivity contribution in [3.63, 3.8) is 0 Å². The van der Waals surface area contributed by atoms with Crippen LogP contribution in [0.2, 0.25) is 0 Å². The minimum absolute atomic E-state index is 0.0160. The molecule has 4 nitrogen and oxygen atoms in total. The quantitative estimate of drug-likeness (QED) is 0.610. The number of aliphatic hydroxyl groups excluding tert-OH is 1. The first kappa shape index (κ1) is 14.7. The predicted octanol–water partition coefficient (Wildman–Crippen LogP) is 1.38. The molecule has 0 amide bonds. The summed E-state index contributed by atoms with van der Waals surface area (Å²) in [5, 5.41) is 9.99. The maximum atomic E-state index is 11.9. The monoisotopic (exact) mass is 361 g/mol. The van der Waals surface area contributed by atoms with Crippen LogP contribution in [-0.4, -0.2) is 45.8 Å². The summed E-state index contributed by atoms with van der Waals surface area (Å²) in [6.07, 6.45) is 1.13. The number of nitrogens with zero attached hydrogens (tertiary/aromatic N) is 1. The van der Waals surface area contributed by atoms with Crippen molar-refractivity contribution in [1.82, 2.24) is 3.11 Å². The molecule has 6 heteroatoms. The van der Waals surface area contributed by atoms with Gasteiger partial charge in [0.05, 0.1) is 16.6 Å². The average molecular weight is 361 g/mol. The Morgan fingerprint density at radius 2 is 2.06 bits per heavy atom. The van der Waals surface area contributed by atoms with Crippen LogP contribution in [0, 0.1) is 0 Å². The molecule has 16 heavy (non-hydrogen) atoms. The minimum atomic E-state index is -3.24. The number of rotatable bonds is 3. The Hall–Kier alpha value is 0.600. The Morgan fingerprint density at radius 1 is 1.50 bits per heavy atom. The molecular formula is C10H20INO3S. The highest BCUT2D eigenvalue weighted by atomic mass is 127. The molecule has 1 saturated heterocycles. The molecule has 0 spiro atoms. The molecule has 1 aliphatic heterocycles. The lowest BCUT2D eigenvalue weighted by Gasteiger charge is -2.26. The Bertz CT molecular complexity index is 336. The van der Waals surface area contributed by atoms with Gasteiger partial charge in [0.1, 0.15) is 0 Å². The third-order valence-electron chi connectivity index (χ3n) is 3.00. The number of aliphatic hydroxyl groups is 1. The van der Waals surface area contributed by atoms with Gasteiger partial charge in [0.15, 0.2) is 9.84 Å². The van der Waals surface area contributed by atoms with Crippen molar-refractivity contribution in [2.75, 3.05) is 12.3 Å². The zero-order valence-electron chi connectivity index (χ0n) is 9.98. The van der Waals surface area contributed by atoms with Gasteiger partial charge < -0.3 is 5.11 Å². The summed E-state index contributed by atoms with van der Waals surface area (Å²) in [5.74, 6) is -0.138. The Kier molecular flexibility index (Phi) is 4.65. The predicted molar refractivity (Wildman–Crippen MR) is 73.3 cm³/mol. The highest BCUT2D eigenvalue weighted by Gasteiger charge is 2.36. The molecule has 0 radical (unpaired) electrons. The topological polar surface area (TPSA) is 57.6 Å². The molecule has 0 unspecified atom stereocenters. The highest BCUT2D eigenvalue weighted by molar-refractivity contribution is 14.1. The van der Waals surface area contributed by atoms with E-state index < -0.39 is 20.7 Å². The number of hydrogen-bond acceptors (Lipinski definition) is 4. The first-order valence-corrected chi connectivity index (χ1v) is 8.09. The van der Waals surface area contributed by atoms with Gasteiger partial charge in [-0.25, -0.2) is 11.5 Å². The van der Waals surface area contributed by atoms with Crippen LogP contribution in [0.25, 0.3) is 0 Å². The first-order valence-electron chi connectivity index (χ1n) is 5.48. The SMILES string of the molecule is CC(C)(C)S(=O)(=O)C[C@@H](O)[C@@H]1CCCN1I. The van der Waals surface area contributed by atoms with Gasteiger partial charge in [0.25, 0.3) is 0 Å². The molecular weight excluding hydrogens is 341 g/mol. The second-order valence-corrected chi connectivity index (χ2v) is 9.32. The van der Waals surface area contributed by atoms with Gasteiger partial charge in [-0.2, -0.15) is 0 Å². The van der Waals surface area contributed by atoms with Crippen LogP contribution in [0.3, 0.4) is 0 Å². The fourth-order valence-electron chi connectivity index (χ4n) is 1.72. The first-order chi connectivity index (χ1) is 7.15. The number of halogens is 1. The smallest absolute Gasteiger partial charge is 0.157 e. The number of hydrogen-bond donors (Lipinski definition) is 1. The molecule has 0 aromatic rings. The zero-order chi connectivity index (χ0) is 12.6. The summed E-state index contributed by atoms with van der Waals surface area (Å²) < 4.78 is 25.1. The van der Waals surface area contributed by atoms with E-state index in [-0.39, 0.29) is 11.8 Å². The van der Waals surface area contributed by atoms with E-state index >= 15 is 0 Å². The second kappa shape index (κ2) is 5.07. The van der Waals surface area contributed by atoms with Crippen molar-refractivity contribution in [2.24, 2.45) is 0 Å². The van der Waals surface area contributed by atoms with Gasteiger partial charge in [-0.05, 0) is 33.6 Å². The van der Waals surface area contributed by atoms with E-state index in [1.165, 1.54) is 0 Å². The third kappa shape index (κ3) is 3.30. The van der Waals surface area contributed by atoms with Crippen molar-refractivity contribution < 1.29 is 13.5 Å². The Balaban J connectivity index is 2.68. The zero-order valence-corrected chi connectivity index (χ0v) is 13.0. The summed E-state index contributed by atoms with van der Waals surface area (Å²) in [6.45, 7) is 5.94. The molecule has 1 aliphatic rings. The van der Waals surface area contributed by atoms with Crippen LogP contribution in [0.1, 0.15) is 33.6 Å². The van der Waals surface area contributed by atoms with Crippen molar-refractivity contribution >= 4 is 32.7 Å². The highest BCUT2D eigenvalue weighted by Crippen LogP contribution is 2.26. The van der Waals surface area contributed by atoms with Crippen LogP contribution in [0.4, 0.5) is 0 Å². The molecule has 96 valence electrons. The van der Waals surface area contributed by atoms with Gasteiger partial charge in [0.2, 0.25) is 0 Å². The lowest BCUT2D eigenvalue weighted by Crippen LogP contribution is -2.42. The second-order valence-electron chi connectivity index (χ2n) is 5.29. The van der Waals surface area contributed by atoms with Crippen molar-refractivity contribution in [1.29, 1.82) is 0 Å². The van der Waals surface area contributed by atoms with Crippen molar-refractivity contribution in [3.8, 4) is 0 Å². The average Bonchev–Trinajstić information content (AvgIpc) is 2.48. The summed E-state index contributed by atoms with van der Waals surface area (Å²) in [6, 6.07) is -0.0160. The van der Waals surface area contributed by atoms with Crippen molar-refractivity contribution in [2.45, 2.75) is 50.5 Å². The van der Waals surface area contributed by atoms with Gasteiger partial charge in [0, 0.05) is 35.5 Å². The molecule has 1 N–H and O–H groups in total. The largest absolute Gasteiger partial charge is 0.390 e. The fraction of sp³-hybridized carbons (Fsp3) is 1.00. The van der Waals surface area contributed by atoms with Crippen LogP contribution in [0.5, 0.6) is 0 Å². The van der Waals surface area contributed by atoms with Gasteiger partial charge in [-0.15, -0.1) is 0 Å². The van der Waals surface area contributed by atoms with Gasteiger partial charge in [-0.1, -0.05) is 0 Å². The summed E-state index contributed by atoms with van der Waals surface area (Å²) >= 11 is 2.16. The summed E-state index contributed by atoms with van der Waals surface area (Å²) in [7, 11) is -3.24. The molecule has 0 aliphatic carbocycles. The Morgan fingerprint density at radius 3 is 2.44 bits per heavy atom. The summed E-state index contributed by atoms with van der Waals surface area (Å²) in [5.41, 5.74) is 0. The normalized spacial score (nSPS) is 25.9. The number of sulfone groups is 1. The minimum Gasteiger partial charge on any atom is -0.390 e. The molecule has 1 rings (SSSR count). The van der Waals surface area contributed by atoms with E-state index in [2.05, 4.69) is 22.9 Å². The van der Waals surface area contributed by atoms with Gasteiger partial charge in [-0.3, -0.25) is 0 Å². The Labute approximate surface area is 112 Å². The van der Waals surface area contributed by atoms with Crippen LogP contribution in [0.15, 0.2) is 0 Å². The summed E-state index contributed by atoms with van der Waals surface area (Å²) in [4.78, 5) is 0. The third-order valence-corrected chi connectivity index (χ3v) is 6.84. The van der Waals surface area contributed by atoms with Gasteiger partial charge >= 0.3 is 0 Å². The van der Waals surface area contributed by atoms with Crippen LogP contribution >= 0.6 is 22.9 Å². The molecule has 0 aromatic carbocycles. The standard InChI is InChI=1S/C10H20INO3S/c1-10(2,3)16(14,15)7-9(13)8-5-4-6-12(8)11/h8-9,13H,4-7H2,1-3H3/t8-,9+/m0/s1. The van der Waals surface area contributed by atoms with E-state index in [9.17, 15) is 13.5 Å². The lowest BCUT2D eigenvalue weighted by atomic mass is 10.1. The molecule has 0 bridgehead atoms. The molecule has 1 fully saturated rings. The molecule has 1 heterocycles. The maximum Gasteiger partial charge on any atom is 0.157 e. The molecule has 0 aromatic heterocycles. The van der Waals surface area contributed by atoms with Crippen LogP contribution in [-0.2, 0) is 9.84 Å². The van der Waals surface area contributed by atoms with E-state index in [1.54, 1.807) is 20.8 Å². The van der Waals surface area contributed by atoms with Crippen LogP contribution < -0.4 is 0 Å². The van der Waals surface area contributed by atoms with E-state index in [0.717, 1.165) is 19.4 Å². The van der Waals surface area contributed by atoms with Crippen molar-refractivity contribution in [3.05, 3.63) is 0 Å².